The third kappa shape index (κ3) is 6.37. The summed E-state index contributed by atoms with van der Waals surface area (Å²) in [5.74, 6) is 1.18. The van der Waals surface area contributed by atoms with Gasteiger partial charge in [0.1, 0.15) is 17.5 Å². The van der Waals surface area contributed by atoms with Crippen LogP contribution in [-0.2, 0) is 12.0 Å². The molecule has 0 N–H and O–H groups in total. The molecule has 0 aliphatic carbocycles. The highest BCUT2D eigenvalue weighted by Crippen LogP contribution is 2.42. The summed E-state index contributed by atoms with van der Waals surface area (Å²) >= 11 is 13.6. The first-order chi connectivity index (χ1) is 18.9. The Bertz CT molecular complexity index is 1680. The van der Waals surface area contributed by atoms with Crippen LogP contribution in [0.1, 0.15) is 44.6 Å². The van der Waals surface area contributed by atoms with E-state index in [0.717, 1.165) is 10.0 Å². The SMILES string of the molecule is CCOc1cc(C=Nn2c(C(C)(C)C)nc3ccc(Br)cc3c2=O)c(Br)c(Cl)c1OCc1ccc([N+](=O)[O-])cc1. The fourth-order valence-electron chi connectivity index (χ4n) is 3.83. The minimum Gasteiger partial charge on any atom is -0.490 e. The van der Waals surface area contributed by atoms with Gasteiger partial charge in [0.25, 0.3) is 11.2 Å². The minimum atomic E-state index is -0.474. The second-order valence-electron chi connectivity index (χ2n) is 9.77. The number of nitrogens with zero attached hydrogens (tertiary/aromatic N) is 4. The number of aromatic nitrogens is 2. The summed E-state index contributed by atoms with van der Waals surface area (Å²) in [4.78, 5) is 28.7. The summed E-state index contributed by atoms with van der Waals surface area (Å²) in [5.41, 5.74) is 1.07. The van der Waals surface area contributed by atoms with Gasteiger partial charge >= 0.3 is 0 Å². The average molecular weight is 693 g/mol. The molecule has 0 aliphatic rings. The van der Waals surface area contributed by atoms with Crippen LogP contribution in [0.5, 0.6) is 11.5 Å². The average Bonchev–Trinajstić information content (AvgIpc) is 2.90. The molecule has 1 aromatic heterocycles. The maximum Gasteiger partial charge on any atom is 0.282 e. The van der Waals surface area contributed by atoms with Crippen molar-refractivity contribution < 1.29 is 14.4 Å². The number of halogens is 3. The molecule has 40 heavy (non-hydrogen) atoms. The van der Waals surface area contributed by atoms with Crippen molar-refractivity contribution in [1.82, 2.24) is 9.66 Å². The lowest BCUT2D eigenvalue weighted by atomic mass is 9.95. The van der Waals surface area contributed by atoms with E-state index in [-0.39, 0.29) is 22.9 Å². The van der Waals surface area contributed by atoms with Crippen molar-refractivity contribution in [3.8, 4) is 11.5 Å². The Morgan fingerprint density at radius 1 is 1.12 bits per heavy atom. The van der Waals surface area contributed by atoms with Crippen LogP contribution >= 0.6 is 43.5 Å². The van der Waals surface area contributed by atoms with E-state index in [2.05, 4.69) is 37.0 Å². The van der Waals surface area contributed by atoms with Gasteiger partial charge in [-0.2, -0.15) is 9.78 Å². The molecule has 0 radical (unpaired) electrons. The molecule has 0 atom stereocenters. The Hall–Kier alpha value is -3.28. The summed E-state index contributed by atoms with van der Waals surface area (Å²) in [6.45, 7) is 8.17. The first-order valence-electron chi connectivity index (χ1n) is 12.2. The lowest BCUT2D eigenvalue weighted by molar-refractivity contribution is -0.384. The molecule has 1 heterocycles. The van der Waals surface area contributed by atoms with E-state index in [4.69, 9.17) is 26.1 Å². The molecule has 208 valence electrons. The Labute approximate surface area is 252 Å². The highest BCUT2D eigenvalue weighted by atomic mass is 79.9. The van der Waals surface area contributed by atoms with E-state index in [9.17, 15) is 14.9 Å². The molecule has 0 unspecified atom stereocenters. The van der Waals surface area contributed by atoms with E-state index >= 15 is 0 Å². The smallest absolute Gasteiger partial charge is 0.282 e. The van der Waals surface area contributed by atoms with Gasteiger partial charge < -0.3 is 9.47 Å². The van der Waals surface area contributed by atoms with Crippen molar-refractivity contribution in [2.75, 3.05) is 6.61 Å². The summed E-state index contributed by atoms with van der Waals surface area (Å²) in [7, 11) is 0. The van der Waals surface area contributed by atoms with Crippen LogP contribution in [-0.4, -0.2) is 27.4 Å². The Morgan fingerprint density at radius 2 is 1.82 bits per heavy atom. The Balaban J connectivity index is 1.74. The van der Waals surface area contributed by atoms with Gasteiger partial charge in [-0.05, 0) is 64.8 Å². The molecule has 4 aromatic rings. The normalized spacial score (nSPS) is 11.8. The molecule has 9 nitrogen and oxygen atoms in total. The number of nitro benzene ring substituents is 1. The molecule has 12 heteroatoms. The molecule has 0 fully saturated rings. The van der Waals surface area contributed by atoms with Crippen LogP contribution in [0.25, 0.3) is 10.9 Å². The van der Waals surface area contributed by atoms with E-state index in [1.165, 1.54) is 23.0 Å². The van der Waals surface area contributed by atoms with Gasteiger partial charge in [0.15, 0.2) is 11.5 Å². The molecule has 0 saturated carbocycles. The highest BCUT2D eigenvalue weighted by Gasteiger charge is 2.23. The predicted molar refractivity (Wildman–Crippen MR) is 163 cm³/mol. The van der Waals surface area contributed by atoms with Crippen molar-refractivity contribution in [3.63, 3.8) is 0 Å². The van der Waals surface area contributed by atoms with Crippen molar-refractivity contribution in [3.05, 3.63) is 99.9 Å². The number of fused-ring (bicyclic) bond motifs is 1. The largest absolute Gasteiger partial charge is 0.490 e. The standard InChI is InChI=1S/C28H25Br2ClN4O5/c1-5-39-22-12-17(23(30)24(31)25(22)40-15-16-6-9-19(10-7-16)35(37)38)14-32-34-26(36)20-13-18(29)8-11-21(20)33-27(34)28(2,3)4/h6-14H,5,15H2,1-4H3. The van der Waals surface area contributed by atoms with Gasteiger partial charge in [0.05, 0.1) is 28.6 Å². The minimum absolute atomic E-state index is 0.00820. The maximum absolute atomic E-state index is 13.5. The topological polar surface area (TPSA) is 109 Å². The zero-order chi connectivity index (χ0) is 29.2. The molecule has 0 saturated heterocycles. The first kappa shape index (κ1) is 29.7. The molecule has 0 bridgehead atoms. The molecular formula is C28H25Br2ClN4O5. The Morgan fingerprint density at radius 3 is 2.45 bits per heavy atom. The third-order valence-electron chi connectivity index (χ3n) is 5.78. The molecule has 3 aromatic carbocycles. The summed E-state index contributed by atoms with van der Waals surface area (Å²) < 4.78 is 14.3. The van der Waals surface area contributed by atoms with E-state index in [0.29, 0.717) is 44.9 Å². The number of rotatable bonds is 8. The zero-order valence-corrected chi connectivity index (χ0v) is 26.0. The van der Waals surface area contributed by atoms with Gasteiger partial charge in [-0.1, -0.05) is 48.3 Å². The maximum atomic E-state index is 13.5. The van der Waals surface area contributed by atoms with E-state index < -0.39 is 10.3 Å². The van der Waals surface area contributed by atoms with Crippen LogP contribution in [0.3, 0.4) is 0 Å². The van der Waals surface area contributed by atoms with Crippen LogP contribution in [0.4, 0.5) is 5.69 Å². The number of hydrogen-bond acceptors (Lipinski definition) is 7. The zero-order valence-electron chi connectivity index (χ0n) is 22.1. The first-order valence-corrected chi connectivity index (χ1v) is 14.1. The summed E-state index contributed by atoms with van der Waals surface area (Å²) in [6.07, 6.45) is 1.51. The second-order valence-corrected chi connectivity index (χ2v) is 11.9. The molecular weight excluding hydrogens is 668 g/mol. The molecule has 0 spiro atoms. The lowest BCUT2D eigenvalue weighted by Crippen LogP contribution is -2.29. The quantitative estimate of drug-likeness (QED) is 0.107. The Kier molecular flexibility index (Phi) is 8.96. The lowest BCUT2D eigenvalue weighted by Gasteiger charge is -2.21. The molecule has 4 rings (SSSR count). The van der Waals surface area contributed by atoms with Crippen LogP contribution in [0, 0.1) is 10.1 Å². The number of benzene rings is 3. The van der Waals surface area contributed by atoms with Crippen LogP contribution in [0.2, 0.25) is 5.02 Å². The summed E-state index contributed by atoms with van der Waals surface area (Å²) in [5, 5.41) is 16.1. The van der Waals surface area contributed by atoms with Gasteiger partial charge in [-0.3, -0.25) is 14.9 Å². The van der Waals surface area contributed by atoms with Crippen molar-refractivity contribution >= 4 is 66.3 Å². The van der Waals surface area contributed by atoms with Gasteiger partial charge in [-0.25, -0.2) is 4.98 Å². The van der Waals surface area contributed by atoms with Gasteiger partial charge in [0.2, 0.25) is 0 Å². The number of non-ortho nitro benzene ring substituents is 1. The number of hydrogen-bond donors (Lipinski definition) is 0. The number of ether oxygens (including phenoxy) is 2. The second kappa shape index (κ2) is 12.1. The fourth-order valence-corrected chi connectivity index (χ4v) is 4.84. The van der Waals surface area contributed by atoms with Crippen LogP contribution < -0.4 is 15.0 Å². The predicted octanol–water partition coefficient (Wildman–Crippen LogP) is 7.64. The summed E-state index contributed by atoms with van der Waals surface area (Å²) in [6, 6.07) is 13.1. The van der Waals surface area contributed by atoms with Crippen molar-refractivity contribution in [2.24, 2.45) is 5.10 Å². The van der Waals surface area contributed by atoms with Crippen LogP contribution in [0.15, 0.2) is 67.4 Å². The van der Waals surface area contributed by atoms with Crippen molar-refractivity contribution in [2.45, 2.75) is 39.7 Å². The fraction of sp³-hybridized carbons (Fsp3) is 0.250. The van der Waals surface area contributed by atoms with Gasteiger partial charge in [-0.15, -0.1) is 0 Å². The van der Waals surface area contributed by atoms with Crippen molar-refractivity contribution in [1.29, 1.82) is 0 Å². The third-order valence-corrected chi connectivity index (χ3v) is 7.71. The highest BCUT2D eigenvalue weighted by molar-refractivity contribution is 9.10. The molecule has 0 amide bonds. The number of nitro groups is 1. The monoisotopic (exact) mass is 690 g/mol. The van der Waals surface area contributed by atoms with E-state index in [1.807, 2.05) is 33.8 Å². The molecule has 0 aliphatic heterocycles. The van der Waals surface area contributed by atoms with Gasteiger partial charge in [0, 0.05) is 32.1 Å². The van der Waals surface area contributed by atoms with E-state index in [1.54, 1.807) is 30.3 Å².